The highest BCUT2D eigenvalue weighted by molar-refractivity contribution is 5.89. The molecular formula is C21H17N. The molecule has 0 saturated carbocycles. The SMILES string of the molecule is c1ccc2c(c1)CCC1c3ccccc3-c3ccccc3N21. The minimum atomic E-state index is 0.459. The molecule has 106 valence electrons. The van der Waals surface area contributed by atoms with E-state index < -0.39 is 0 Å². The first kappa shape index (κ1) is 12.0. The zero-order valence-corrected chi connectivity index (χ0v) is 12.4. The van der Waals surface area contributed by atoms with Gasteiger partial charge in [0.15, 0.2) is 0 Å². The van der Waals surface area contributed by atoms with E-state index in [2.05, 4.69) is 77.7 Å². The van der Waals surface area contributed by atoms with E-state index in [9.17, 15) is 0 Å². The maximum atomic E-state index is 2.55. The van der Waals surface area contributed by atoms with Crippen LogP contribution in [0, 0.1) is 0 Å². The molecule has 22 heavy (non-hydrogen) atoms. The minimum Gasteiger partial charge on any atom is -0.333 e. The predicted molar refractivity (Wildman–Crippen MR) is 91.5 cm³/mol. The monoisotopic (exact) mass is 283 g/mol. The normalized spacial score (nSPS) is 18.0. The van der Waals surface area contributed by atoms with Crippen LogP contribution in [-0.2, 0) is 6.42 Å². The Morgan fingerprint density at radius 2 is 1.36 bits per heavy atom. The van der Waals surface area contributed by atoms with Gasteiger partial charge in [-0.3, -0.25) is 0 Å². The quantitative estimate of drug-likeness (QED) is 0.527. The number of aryl methyl sites for hydroxylation is 1. The van der Waals surface area contributed by atoms with E-state index in [1.807, 2.05) is 0 Å². The lowest BCUT2D eigenvalue weighted by molar-refractivity contribution is 0.600. The molecule has 3 aromatic carbocycles. The van der Waals surface area contributed by atoms with Crippen molar-refractivity contribution < 1.29 is 0 Å². The Morgan fingerprint density at radius 3 is 2.27 bits per heavy atom. The third-order valence-corrected chi connectivity index (χ3v) is 5.02. The van der Waals surface area contributed by atoms with E-state index >= 15 is 0 Å². The molecular weight excluding hydrogens is 266 g/mol. The Morgan fingerprint density at radius 1 is 0.682 bits per heavy atom. The summed E-state index contributed by atoms with van der Waals surface area (Å²) >= 11 is 0. The second-order valence-electron chi connectivity index (χ2n) is 6.16. The summed E-state index contributed by atoms with van der Waals surface area (Å²) < 4.78 is 0. The van der Waals surface area contributed by atoms with E-state index in [0.29, 0.717) is 6.04 Å². The fourth-order valence-corrected chi connectivity index (χ4v) is 4.08. The first-order chi connectivity index (χ1) is 10.9. The van der Waals surface area contributed by atoms with Gasteiger partial charge in [-0.25, -0.2) is 0 Å². The van der Waals surface area contributed by atoms with Crippen molar-refractivity contribution in [2.24, 2.45) is 0 Å². The van der Waals surface area contributed by atoms with Gasteiger partial charge in [-0.15, -0.1) is 0 Å². The Hall–Kier alpha value is -2.54. The molecule has 2 aliphatic rings. The molecule has 1 atom stereocenters. The van der Waals surface area contributed by atoms with Gasteiger partial charge in [0.2, 0.25) is 0 Å². The van der Waals surface area contributed by atoms with Crippen LogP contribution in [0.25, 0.3) is 11.1 Å². The van der Waals surface area contributed by atoms with Gasteiger partial charge in [0.1, 0.15) is 0 Å². The smallest absolute Gasteiger partial charge is 0.0601 e. The van der Waals surface area contributed by atoms with Crippen molar-refractivity contribution in [2.75, 3.05) is 4.90 Å². The number of hydrogen-bond acceptors (Lipinski definition) is 1. The highest BCUT2D eigenvalue weighted by Gasteiger charge is 2.34. The van der Waals surface area contributed by atoms with Crippen molar-refractivity contribution in [1.29, 1.82) is 0 Å². The van der Waals surface area contributed by atoms with Crippen LogP contribution < -0.4 is 4.90 Å². The number of anilines is 2. The molecule has 0 spiro atoms. The van der Waals surface area contributed by atoms with Crippen molar-refractivity contribution in [2.45, 2.75) is 18.9 Å². The van der Waals surface area contributed by atoms with Crippen LogP contribution in [0.2, 0.25) is 0 Å². The van der Waals surface area contributed by atoms with E-state index in [1.54, 1.807) is 0 Å². The van der Waals surface area contributed by atoms with Gasteiger partial charge in [0.05, 0.1) is 6.04 Å². The van der Waals surface area contributed by atoms with Gasteiger partial charge >= 0.3 is 0 Å². The summed E-state index contributed by atoms with van der Waals surface area (Å²) in [5.41, 5.74) is 8.41. The van der Waals surface area contributed by atoms with Crippen LogP contribution in [0.1, 0.15) is 23.6 Å². The molecule has 5 rings (SSSR count). The molecule has 1 nitrogen and oxygen atoms in total. The number of hydrogen-bond donors (Lipinski definition) is 0. The Bertz CT molecular complexity index is 865. The number of nitrogens with zero attached hydrogens (tertiary/aromatic N) is 1. The lowest BCUT2D eigenvalue weighted by Gasteiger charge is -2.44. The van der Waals surface area contributed by atoms with Crippen LogP contribution in [0.5, 0.6) is 0 Å². The average Bonchev–Trinajstić information content (AvgIpc) is 2.61. The van der Waals surface area contributed by atoms with Gasteiger partial charge in [-0.05, 0) is 41.7 Å². The molecule has 1 heteroatoms. The first-order valence-corrected chi connectivity index (χ1v) is 7.99. The van der Waals surface area contributed by atoms with E-state index in [1.165, 1.54) is 40.0 Å². The summed E-state index contributed by atoms with van der Waals surface area (Å²) in [6.07, 6.45) is 2.34. The van der Waals surface area contributed by atoms with Gasteiger partial charge in [0.25, 0.3) is 0 Å². The molecule has 0 aliphatic carbocycles. The van der Waals surface area contributed by atoms with Crippen molar-refractivity contribution in [3.8, 4) is 11.1 Å². The number of fused-ring (bicyclic) bond motifs is 8. The largest absolute Gasteiger partial charge is 0.333 e. The molecule has 1 unspecified atom stereocenters. The lowest BCUT2D eigenvalue weighted by atomic mass is 9.82. The summed E-state index contributed by atoms with van der Waals surface area (Å²) in [6.45, 7) is 0. The van der Waals surface area contributed by atoms with E-state index in [0.717, 1.165) is 6.42 Å². The molecule has 0 radical (unpaired) electrons. The van der Waals surface area contributed by atoms with Gasteiger partial charge in [0, 0.05) is 16.9 Å². The molecule has 0 fully saturated rings. The third-order valence-electron chi connectivity index (χ3n) is 5.02. The van der Waals surface area contributed by atoms with Crippen LogP contribution >= 0.6 is 0 Å². The summed E-state index contributed by atoms with van der Waals surface area (Å²) in [5.74, 6) is 0. The average molecular weight is 283 g/mol. The second kappa shape index (κ2) is 4.48. The van der Waals surface area contributed by atoms with Crippen molar-refractivity contribution in [3.63, 3.8) is 0 Å². The zero-order chi connectivity index (χ0) is 14.5. The lowest BCUT2D eigenvalue weighted by Crippen LogP contribution is -2.32. The van der Waals surface area contributed by atoms with Gasteiger partial charge in [-0.2, -0.15) is 0 Å². The topological polar surface area (TPSA) is 3.24 Å². The maximum Gasteiger partial charge on any atom is 0.0601 e. The molecule has 2 aliphatic heterocycles. The first-order valence-electron chi connectivity index (χ1n) is 7.99. The Balaban J connectivity index is 1.83. The minimum absolute atomic E-state index is 0.459. The molecule has 0 amide bonds. The van der Waals surface area contributed by atoms with Crippen molar-refractivity contribution in [1.82, 2.24) is 0 Å². The Labute approximate surface area is 130 Å². The van der Waals surface area contributed by atoms with Crippen molar-refractivity contribution in [3.05, 3.63) is 83.9 Å². The van der Waals surface area contributed by atoms with E-state index in [4.69, 9.17) is 0 Å². The zero-order valence-electron chi connectivity index (χ0n) is 12.4. The van der Waals surface area contributed by atoms with Crippen LogP contribution in [-0.4, -0.2) is 0 Å². The fourth-order valence-electron chi connectivity index (χ4n) is 4.08. The summed E-state index contributed by atoms with van der Waals surface area (Å²) in [7, 11) is 0. The third kappa shape index (κ3) is 1.54. The molecule has 2 heterocycles. The predicted octanol–water partition coefficient (Wildman–Crippen LogP) is 5.49. The highest BCUT2D eigenvalue weighted by atomic mass is 15.2. The van der Waals surface area contributed by atoms with Crippen LogP contribution in [0.3, 0.4) is 0 Å². The van der Waals surface area contributed by atoms with Gasteiger partial charge in [-0.1, -0.05) is 60.7 Å². The summed E-state index contributed by atoms with van der Waals surface area (Å²) in [6, 6.07) is 27.0. The van der Waals surface area contributed by atoms with Crippen molar-refractivity contribution >= 4 is 11.4 Å². The number of rotatable bonds is 0. The van der Waals surface area contributed by atoms with Crippen LogP contribution in [0.4, 0.5) is 11.4 Å². The molecule has 0 aromatic heterocycles. The van der Waals surface area contributed by atoms with E-state index in [-0.39, 0.29) is 0 Å². The molecule has 3 aromatic rings. The standard InChI is InChI=1S/C21H17N/c1-5-11-19-15(7-1)13-14-21-18-9-3-2-8-16(18)17-10-4-6-12-20(17)22(19)21/h1-12,21H,13-14H2. The maximum absolute atomic E-state index is 2.55. The van der Waals surface area contributed by atoms with Crippen LogP contribution in [0.15, 0.2) is 72.8 Å². The second-order valence-corrected chi connectivity index (χ2v) is 6.16. The molecule has 0 saturated heterocycles. The number of benzene rings is 3. The summed E-state index contributed by atoms with van der Waals surface area (Å²) in [5, 5.41) is 0. The molecule has 0 bridgehead atoms. The Kier molecular flexibility index (Phi) is 2.45. The fraction of sp³-hybridized carbons (Fsp3) is 0.143. The van der Waals surface area contributed by atoms with Gasteiger partial charge < -0.3 is 4.90 Å². The highest BCUT2D eigenvalue weighted by Crippen LogP contribution is 2.52. The molecule has 0 N–H and O–H groups in total. The number of para-hydroxylation sites is 2. The summed E-state index contributed by atoms with van der Waals surface area (Å²) in [4.78, 5) is 2.55.